The van der Waals surface area contributed by atoms with Crippen molar-refractivity contribution in [3.8, 4) is 11.3 Å². The molecule has 0 aliphatic carbocycles. The van der Waals surface area contributed by atoms with Crippen molar-refractivity contribution in [2.75, 3.05) is 31.1 Å². The third-order valence-corrected chi connectivity index (χ3v) is 6.29. The van der Waals surface area contributed by atoms with Gasteiger partial charge in [-0.05, 0) is 36.8 Å². The first kappa shape index (κ1) is 21.2. The van der Waals surface area contributed by atoms with E-state index in [1.54, 1.807) is 12.1 Å². The number of piperazine rings is 1. The molecule has 0 atom stereocenters. The van der Waals surface area contributed by atoms with Gasteiger partial charge in [0.25, 0.3) is 0 Å². The van der Waals surface area contributed by atoms with Crippen LogP contribution in [-0.4, -0.2) is 46.8 Å². The van der Waals surface area contributed by atoms with Gasteiger partial charge in [-0.2, -0.15) is 5.10 Å². The highest BCUT2D eigenvalue weighted by atomic mass is 19.1. The van der Waals surface area contributed by atoms with Crippen LogP contribution in [0.2, 0.25) is 0 Å². The van der Waals surface area contributed by atoms with Gasteiger partial charge in [0.05, 0.1) is 5.52 Å². The summed E-state index contributed by atoms with van der Waals surface area (Å²) in [6, 6.07) is 25.0. The molecule has 1 aromatic heterocycles. The van der Waals surface area contributed by atoms with E-state index in [4.69, 9.17) is 5.10 Å². The predicted molar refractivity (Wildman–Crippen MR) is 130 cm³/mol. The van der Waals surface area contributed by atoms with E-state index in [0.29, 0.717) is 26.1 Å². The van der Waals surface area contributed by atoms with Crippen molar-refractivity contribution in [2.45, 2.75) is 19.4 Å². The van der Waals surface area contributed by atoms with Crippen molar-refractivity contribution in [2.24, 2.45) is 0 Å². The number of aryl methyl sites for hydroxylation is 1. The third-order valence-electron chi connectivity index (χ3n) is 6.29. The molecular formula is C27H27FN4O. The first-order chi connectivity index (χ1) is 16.2. The van der Waals surface area contributed by atoms with Gasteiger partial charge in [-0.3, -0.25) is 9.48 Å². The average molecular weight is 443 g/mol. The Hall–Kier alpha value is -3.67. The van der Waals surface area contributed by atoms with E-state index in [-0.39, 0.29) is 11.7 Å². The standard InChI is InChI=1S/C27H27FN4O/c28-22-12-14-23(15-13-22)30-17-19-31(20-18-30)26(33)11-6-16-32-25-10-5-4-9-24(25)27(29-32)21-7-2-1-3-8-21/h1-5,7-10,12-15H,6,11,16-20H2. The number of rotatable bonds is 6. The van der Waals surface area contributed by atoms with Crippen LogP contribution >= 0.6 is 0 Å². The Kier molecular flexibility index (Phi) is 6.07. The summed E-state index contributed by atoms with van der Waals surface area (Å²) in [6.07, 6.45) is 1.25. The summed E-state index contributed by atoms with van der Waals surface area (Å²) >= 11 is 0. The zero-order valence-electron chi connectivity index (χ0n) is 18.5. The lowest BCUT2D eigenvalue weighted by Crippen LogP contribution is -2.48. The summed E-state index contributed by atoms with van der Waals surface area (Å²) in [5.41, 5.74) is 4.18. The molecule has 1 fully saturated rings. The van der Waals surface area contributed by atoms with Crippen LogP contribution in [0.1, 0.15) is 12.8 Å². The second-order valence-corrected chi connectivity index (χ2v) is 8.40. The molecule has 2 heterocycles. The molecule has 0 saturated carbocycles. The minimum absolute atomic E-state index is 0.188. The molecule has 1 aliphatic rings. The van der Waals surface area contributed by atoms with Crippen LogP contribution in [0.4, 0.5) is 10.1 Å². The highest BCUT2D eigenvalue weighted by Crippen LogP contribution is 2.28. The van der Waals surface area contributed by atoms with Crippen LogP contribution in [-0.2, 0) is 11.3 Å². The second-order valence-electron chi connectivity index (χ2n) is 8.40. The molecule has 5 nitrogen and oxygen atoms in total. The zero-order chi connectivity index (χ0) is 22.6. The fourth-order valence-corrected chi connectivity index (χ4v) is 4.51. The highest BCUT2D eigenvalue weighted by molar-refractivity contribution is 5.93. The molecule has 0 spiro atoms. The van der Waals surface area contributed by atoms with Crippen molar-refractivity contribution < 1.29 is 9.18 Å². The number of carbonyl (C=O) groups excluding carboxylic acids is 1. The van der Waals surface area contributed by atoms with Gasteiger partial charge in [0.15, 0.2) is 0 Å². The van der Waals surface area contributed by atoms with Crippen LogP contribution in [0.15, 0.2) is 78.9 Å². The van der Waals surface area contributed by atoms with E-state index >= 15 is 0 Å². The zero-order valence-corrected chi connectivity index (χ0v) is 18.5. The quantitative estimate of drug-likeness (QED) is 0.423. The Morgan fingerprint density at radius 1 is 0.848 bits per heavy atom. The summed E-state index contributed by atoms with van der Waals surface area (Å²) in [4.78, 5) is 16.9. The van der Waals surface area contributed by atoms with Gasteiger partial charge >= 0.3 is 0 Å². The Morgan fingerprint density at radius 2 is 1.55 bits per heavy atom. The van der Waals surface area contributed by atoms with Gasteiger partial charge in [0.2, 0.25) is 5.91 Å². The molecule has 0 unspecified atom stereocenters. The molecular weight excluding hydrogens is 415 g/mol. The maximum absolute atomic E-state index is 13.2. The normalized spacial score (nSPS) is 14.1. The Balaban J connectivity index is 1.18. The number of fused-ring (bicyclic) bond motifs is 1. The van der Waals surface area contributed by atoms with Gasteiger partial charge in [0, 0.05) is 55.8 Å². The third kappa shape index (κ3) is 4.60. The van der Waals surface area contributed by atoms with Gasteiger partial charge < -0.3 is 9.80 Å². The fraction of sp³-hybridized carbons (Fsp3) is 0.259. The molecule has 0 bridgehead atoms. The Morgan fingerprint density at radius 3 is 2.30 bits per heavy atom. The molecule has 1 saturated heterocycles. The van der Waals surface area contributed by atoms with Gasteiger partial charge in [0.1, 0.15) is 11.5 Å². The minimum Gasteiger partial charge on any atom is -0.368 e. The summed E-state index contributed by atoms with van der Waals surface area (Å²) in [7, 11) is 0. The molecule has 3 aromatic carbocycles. The first-order valence-corrected chi connectivity index (χ1v) is 11.5. The van der Waals surface area contributed by atoms with Crippen LogP contribution in [0.25, 0.3) is 22.2 Å². The van der Waals surface area contributed by atoms with E-state index in [2.05, 4.69) is 29.2 Å². The molecule has 5 rings (SSSR count). The number of halogens is 1. The van der Waals surface area contributed by atoms with Gasteiger partial charge in [-0.25, -0.2) is 4.39 Å². The lowest BCUT2D eigenvalue weighted by Gasteiger charge is -2.36. The predicted octanol–water partition coefficient (Wildman–Crippen LogP) is 4.97. The molecule has 6 heteroatoms. The van der Waals surface area contributed by atoms with Crippen LogP contribution < -0.4 is 4.90 Å². The van der Waals surface area contributed by atoms with E-state index in [0.717, 1.165) is 47.4 Å². The first-order valence-electron chi connectivity index (χ1n) is 11.5. The maximum Gasteiger partial charge on any atom is 0.222 e. The largest absolute Gasteiger partial charge is 0.368 e. The SMILES string of the molecule is O=C(CCCn1nc(-c2ccccc2)c2ccccc21)N1CCN(c2ccc(F)cc2)CC1. The number of anilines is 1. The number of para-hydroxylation sites is 1. The van der Waals surface area contributed by atoms with Crippen molar-refractivity contribution in [3.63, 3.8) is 0 Å². The van der Waals surface area contributed by atoms with Crippen LogP contribution in [0, 0.1) is 5.82 Å². The van der Waals surface area contributed by atoms with E-state index in [1.807, 2.05) is 39.9 Å². The number of aromatic nitrogens is 2. The van der Waals surface area contributed by atoms with Crippen LogP contribution in [0.5, 0.6) is 0 Å². The highest BCUT2D eigenvalue weighted by Gasteiger charge is 2.21. The molecule has 33 heavy (non-hydrogen) atoms. The van der Waals surface area contributed by atoms with Gasteiger partial charge in [-0.15, -0.1) is 0 Å². The molecule has 1 aliphatic heterocycles. The number of hydrogen-bond donors (Lipinski definition) is 0. The number of carbonyl (C=O) groups is 1. The monoisotopic (exact) mass is 442 g/mol. The summed E-state index contributed by atoms with van der Waals surface area (Å²) < 4.78 is 15.2. The fourth-order valence-electron chi connectivity index (χ4n) is 4.51. The Bertz CT molecular complexity index is 1230. The lowest BCUT2D eigenvalue weighted by atomic mass is 10.1. The number of benzene rings is 3. The molecule has 0 N–H and O–H groups in total. The summed E-state index contributed by atoms with van der Waals surface area (Å²) in [5, 5.41) is 6.01. The number of hydrogen-bond acceptors (Lipinski definition) is 3. The smallest absolute Gasteiger partial charge is 0.222 e. The van der Waals surface area contributed by atoms with E-state index < -0.39 is 0 Å². The van der Waals surface area contributed by atoms with Crippen molar-refractivity contribution in [3.05, 3.63) is 84.7 Å². The van der Waals surface area contributed by atoms with Crippen molar-refractivity contribution in [1.82, 2.24) is 14.7 Å². The average Bonchev–Trinajstić information content (AvgIpc) is 3.24. The number of nitrogens with zero attached hydrogens (tertiary/aromatic N) is 4. The minimum atomic E-state index is -0.228. The van der Waals surface area contributed by atoms with Crippen molar-refractivity contribution >= 4 is 22.5 Å². The summed E-state index contributed by atoms with van der Waals surface area (Å²) in [5.74, 6) is -0.0399. The summed E-state index contributed by atoms with van der Waals surface area (Å²) in [6.45, 7) is 3.62. The molecule has 1 amide bonds. The Labute approximate surface area is 193 Å². The van der Waals surface area contributed by atoms with E-state index in [9.17, 15) is 9.18 Å². The molecule has 0 radical (unpaired) electrons. The van der Waals surface area contributed by atoms with E-state index in [1.165, 1.54) is 12.1 Å². The van der Waals surface area contributed by atoms with Gasteiger partial charge in [-0.1, -0.05) is 48.5 Å². The maximum atomic E-state index is 13.2. The topological polar surface area (TPSA) is 41.4 Å². The molecule has 168 valence electrons. The van der Waals surface area contributed by atoms with Crippen molar-refractivity contribution in [1.29, 1.82) is 0 Å². The van der Waals surface area contributed by atoms with Crippen LogP contribution in [0.3, 0.4) is 0 Å². The lowest BCUT2D eigenvalue weighted by molar-refractivity contribution is -0.131. The number of amides is 1. The second kappa shape index (κ2) is 9.45. The molecule has 4 aromatic rings.